The summed E-state index contributed by atoms with van der Waals surface area (Å²) in [5.74, 6) is 0. The van der Waals surface area contributed by atoms with Crippen LogP contribution in [0.5, 0.6) is 0 Å². The number of hydrogen-bond acceptors (Lipinski definition) is 5. The quantitative estimate of drug-likeness (QED) is 0.700. The van der Waals surface area contributed by atoms with E-state index >= 15 is 0 Å². The first-order chi connectivity index (χ1) is 8.74. The SMILES string of the molecule is Cc1cnc(Cn2cnc3ccsc3c2=O)cn1. The highest BCUT2D eigenvalue weighted by Gasteiger charge is 2.06. The number of rotatable bonds is 2. The predicted octanol–water partition coefficient (Wildman–Crippen LogP) is 1.60. The van der Waals surface area contributed by atoms with E-state index in [2.05, 4.69) is 15.0 Å². The van der Waals surface area contributed by atoms with Gasteiger partial charge in [0.05, 0.1) is 36.0 Å². The standard InChI is InChI=1S/C12H10N4OS/c1-8-4-14-9(5-13-8)6-16-7-15-10-2-3-18-11(10)12(16)17/h2-5,7H,6H2,1H3. The van der Waals surface area contributed by atoms with Crippen molar-refractivity contribution in [3.05, 3.63) is 51.9 Å². The Bertz CT molecular complexity index is 745. The third kappa shape index (κ3) is 1.91. The lowest BCUT2D eigenvalue weighted by Gasteiger charge is -2.04. The van der Waals surface area contributed by atoms with E-state index in [4.69, 9.17) is 0 Å². The van der Waals surface area contributed by atoms with Crippen molar-refractivity contribution in [3.8, 4) is 0 Å². The maximum absolute atomic E-state index is 12.1. The predicted molar refractivity (Wildman–Crippen MR) is 69.8 cm³/mol. The summed E-state index contributed by atoms with van der Waals surface area (Å²) >= 11 is 1.41. The highest BCUT2D eigenvalue weighted by atomic mass is 32.1. The molecule has 0 fully saturated rings. The van der Waals surface area contributed by atoms with Crippen LogP contribution in [0.25, 0.3) is 10.2 Å². The van der Waals surface area contributed by atoms with Gasteiger partial charge in [-0.2, -0.15) is 0 Å². The molecule has 3 heterocycles. The van der Waals surface area contributed by atoms with E-state index in [9.17, 15) is 4.79 Å². The summed E-state index contributed by atoms with van der Waals surface area (Å²) in [7, 11) is 0. The molecule has 0 aliphatic carbocycles. The zero-order valence-electron chi connectivity index (χ0n) is 9.70. The largest absolute Gasteiger partial charge is 0.292 e. The minimum absolute atomic E-state index is 0.0302. The van der Waals surface area contributed by atoms with Crippen molar-refractivity contribution < 1.29 is 0 Å². The van der Waals surface area contributed by atoms with Gasteiger partial charge in [0.2, 0.25) is 0 Å². The average Bonchev–Trinajstić information content (AvgIpc) is 2.84. The van der Waals surface area contributed by atoms with E-state index in [1.54, 1.807) is 23.3 Å². The van der Waals surface area contributed by atoms with Crippen molar-refractivity contribution in [2.75, 3.05) is 0 Å². The zero-order valence-corrected chi connectivity index (χ0v) is 10.5. The summed E-state index contributed by atoms with van der Waals surface area (Å²) in [5, 5.41) is 1.87. The second kappa shape index (κ2) is 4.30. The van der Waals surface area contributed by atoms with Crippen LogP contribution in [0.15, 0.2) is 35.0 Å². The molecule has 0 saturated carbocycles. The fraction of sp³-hybridized carbons (Fsp3) is 0.167. The lowest BCUT2D eigenvalue weighted by molar-refractivity contribution is 0.725. The van der Waals surface area contributed by atoms with Crippen LogP contribution < -0.4 is 5.56 Å². The molecule has 0 aromatic carbocycles. The van der Waals surface area contributed by atoms with Crippen molar-refractivity contribution in [2.24, 2.45) is 0 Å². The topological polar surface area (TPSA) is 60.7 Å². The Morgan fingerprint density at radius 3 is 2.94 bits per heavy atom. The molecule has 18 heavy (non-hydrogen) atoms. The molecule has 0 aliphatic rings. The molecule has 6 heteroatoms. The van der Waals surface area contributed by atoms with Gasteiger partial charge in [0.15, 0.2) is 0 Å². The van der Waals surface area contributed by atoms with Gasteiger partial charge in [-0.3, -0.25) is 19.3 Å². The van der Waals surface area contributed by atoms with Crippen molar-refractivity contribution in [1.82, 2.24) is 19.5 Å². The van der Waals surface area contributed by atoms with Gasteiger partial charge in [-0.25, -0.2) is 4.98 Å². The molecule has 3 aromatic heterocycles. The van der Waals surface area contributed by atoms with E-state index in [0.717, 1.165) is 16.9 Å². The Balaban J connectivity index is 2.02. The van der Waals surface area contributed by atoms with Gasteiger partial charge >= 0.3 is 0 Å². The summed E-state index contributed by atoms with van der Waals surface area (Å²) < 4.78 is 2.23. The fourth-order valence-corrected chi connectivity index (χ4v) is 2.46. The van der Waals surface area contributed by atoms with E-state index in [0.29, 0.717) is 11.2 Å². The van der Waals surface area contributed by atoms with Crippen molar-refractivity contribution >= 4 is 21.6 Å². The molecule has 90 valence electrons. The molecule has 0 atom stereocenters. The van der Waals surface area contributed by atoms with Crippen LogP contribution in [-0.4, -0.2) is 19.5 Å². The molecule has 0 saturated heterocycles. The van der Waals surface area contributed by atoms with Gasteiger partial charge < -0.3 is 0 Å². The van der Waals surface area contributed by atoms with Crippen LogP contribution in [0, 0.1) is 6.92 Å². The number of aryl methyl sites for hydroxylation is 1. The first-order valence-electron chi connectivity index (χ1n) is 5.44. The van der Waals surface area contributed by atoms with Gasteiger partial charge in [-0.15, -0.1) is 11.3 Å². The molecule has 0 unspecified atom stereocenters. The van der Waals surface area contributed by atoms with Gasteiger partial charge in [0, 0.05) is 6.20 Å². The molecular formula is C12H10N4OS. The molecule has 5 nitrogen and oxygen atoms in total. The number of aromatic nitrogens is 4. The summed E-state index contributed by atoms with van der Waals surface area (Å²) in [4.78, 5) is 24.8. The Hall–Kier alpha value is -2.08. The van der Waals surface area contributed by atoms with Crippen LogP contribution in [-0.2, 0) is 6.54 Å². The van der Waals surface area contributed by atoms with Crippen molar-refractivity contribution in [1.29, 1.82) is 0 Å². The molecule has 0 radical (unpaired) electrons. The minimum Gasteiger partial charge on any atom is -0.292 e. The summed E-state index contributed by atoms with van der Waals surface area (Å²) in [5.41, 5.74) is 2.33. The molecule has 0 spiro atoms. The van der Waals surface area contributed by atoms with E-state index < -0.39 is 0 Å². The molecule has 3 rings (SSSR count). The summed E-state index contributed by atoms with van der Waals surface area (Å²) in [6, 6.07) is 1.84. The van der Waals surface area contributed by atoms with Crippen LogP contribution in [0.1, 0.15) is 11.4 Å². The number of nitrogens with zero attached hydrogens (tertiary/aromatic N) is 4. The van der Waals surface area contributed by atoms with Crippen LogP contribution in [0.4, 0.5) is 0 Å². The van der Waals surface area contributed by atoms with Crippen LogP contribution in [0.2, 0.25) is 0 Å². The molecular weight excluding hydrogens is 248 g/mol. The highest BCUT2D eigenvalue weighted by Crippen LogP contribution is 2.13. The summed E-state index contributed by atoms with van der Waals surface area (Å²) in [6.07, 6.45) is 4.93. The normalized spacial score (nSPS) is 10.9. The van der Waals surface area contributed by atoms with Gasteiger partial charge in [0.25, 0.3) is 5.56 Å². The highest BCUT2D eigenvalue weighted by molar-refractivity contribution is 7.17. The van der Waals surface area contributed by atoms with E-state index in [1.165, 1.54) is 11.3 Å². The molecule has 0 bridgehead atoms. The Morgan fingerprint density at radius 1 is 1.28 bits per heavy atom. The van der Waals surface area contributed by atoms with E-state index in [1.807, 2.05) is 18.4 Å². The fourth-order valence-electron chi connectivity index (χ4n) is 1.67. The molecule has 0 N–H and O–H groups in total. The first-order valence-corrected chi connectivity index (χ1v) is 6.32. The number of thiophene rings is 1. The minimum atomic E-state index is -0.0302. The summed E-state index contributed by atoms with van der Waals surface area (Å²) in [6.45, 7) is 2.27. The van der Waals surface area contributed by atoms with Gasteiger partial charge in [-0.05, 0) is 18.4 Å². The third-order valence-corrected chi connectivity index (χ3v) is 3.49. The monoisotopic (exact) mass is 258 g/mol. The maximum Gasteiger partial charge on any atom is 0.271 e. The maximum atomic E-state index is 12.1. The lowest BCUT2D eigenvalue weighted by Crippen LogP contribution is -2.20. The Morgan fingerprint density at radius 2 is 2.17 bits per heavy atom. The van der Waals surface area contributed by atoms with Crippen LogP contribution in [0.3, 0.4) is 0 Å². The second-order valence-corrected chi connectivity index (χ2v) is 4.88. The lowest BCUT2D eigenvalue weighted by atomic mass is 10.4. The number of fused-ring (bicyclic) bond motifs is 1. The van der Waals surface area contributed by atoms with Crippen molar-refractivity contribution in [2.45, 2.75) is 13.5 Å². The number of hydrogen-bond donors (Lipinski definition) is 0. The van der Waals surface area contributed by atoms with Gasteiger partial charge in [-0.1, -0.05) is 0 Å². The first kappa shape index (κ1) is 11.0. The van der Waals surface area contributed by atoms with Crippen LogP contribution >= 0.6 is 11.3 Å². The molecule has 3 aromatic rings. The Kier molecular flexibility index (Phi) is 2.64. The van der Waals surface area contributed by atoms with Crippen molar-refractivity contribution in [3.63, 3.8) is 0 Å². The molecule has 0 aliphatic heterocycles. The average molecular weight is 258 g/mol. The smallest absolute Gasteiger partial charge is 0.271 e. The Labute approximate surface area is 107 Å². The molecule has 0 amide bonds. The van der Waals surface area contributed by atoms with Gasteiger partial charge in [0.1, 0.15) is 4.70 Å². The second-order valence-electron chi connectivity index (χ2n) is 3.96. The third-order valence-electron chi connectivity index (χ3n) is 2.60. The van der Waals surface area contributed by atoms with E-state index in [-0.39, 0.29) is 5.56 Å². The zero-order chi connectivity index (χ0) is 12.5.